The van der Waals surface area contributed by atoms with Crippen LogP contribution in [0.4, 0.5) is 0 Å². The Bertz CT molecular complexity index is 439. The molecule has 2 aliphatic heterocycles. The van der Waals surface area contributed by atoms with Crippen molar-refractivity contribution in [1.29, 1.82) is 0 Å². The minimum atomic E-state index is 0.206. The lowest BCUT2D eigenvalue weighted by molar-refractivity contribution is -0.135. The van der Waals surface area contributed by atoms with E-state index in [9.17, 15) is 4.79 Å². The van der Waals surface area contributed by atoms with E-state index in [1.54, 1.807) is 0 Å². The second-order valence-corrected chi connectivity index (χ2v) is 5.77. The fourth-order valence-electron chi connectivity index (χ4n) is 3.50. The van der Waals surface area contributed by atoms with Gasteiger partial charge in [-0.15, -0.1) is 0 Å². The lowest BCUT2D eigenvalue weighted by Crippen LogP contribution is -2.40. The topological polar surface area (TPSA) is 32.3 Å². The maximum atomic E-state index is 12.5. The highest BCUT2D eigenvalue weighted by Crippen LogP contribution is 2.34. The molecule has 3 unspecified atom stereocenters. The molecule has 3 nitrogen and oxygen atoms in total. The number of nitrogens with zero attached hydrogens (tertiary/aromatic N) is 1. The van der Waals surface area contributed by atoms with E-state index in [0.29, 0.717) is 17.9 Å². The number of hydrogen-bond acceptors (Lipinski definition) is 2. The monoisotopic (exact) mass is 258 g/mol. The Hall–Kier alpha value is -1.35. The van der Waals surface area contributed by atoms with Gasteiger partial charge in [-0.2, -0.15) is 0 Å². The van der Waals surface area contributed by atoms with Gasteiger partial charge in [0.25, 0.3) is 0 Å². The van der Waals surface area contributed by atoms with E-state index < -0.39 is 0 Å². The molecule has 1 N–H and O–H groups in total. The lowest BCUT2D eigenvalue weighted by atomic mass is 9.92. The molecule has 3 heteroatoms. The molecule has 0 radical (unpaired) electrons. The molecule has 2 aliphatic rings. The summed E-state index contributed by atoms with van der Waals surface area (Å²) in [5.41, 5.74) is 1.37. The molecule has 19 heavy (non-hydrogen) atoms. The van der Waals surface area contributed by atoms with Crippen LogP contribution in [0.15, 0.2) is 30.3 Å². The molecule has 1 amide bonds. The van der Waals surface area contributed by atoms with Gasteiger partial charge in [0.15, 0.2) is 0 Å². The number of likely N-dealkylation sites (tertiary alicyclic amines) is 1. The van der Waals surface area contributed by atoms with Gasteiger partial charge in [0.2, 0.25) is 5.91 Å². The van der Waals surface area contributed by atoms with E-state index in [1.807, 2.05) is 0 Å². The molecule has 2 saturated heterocycles. The van der Waals surface area contributed by atoms with Gasteiger partial charge in [0.1, 0.15) is 0 Å². The van der Waals surface area contributed by atoms with Crippen LogP contribution in [0.3, 0.4) is 0 Å². The first kappa shape index (κ1) is 12.7. The van der Waals surface area contributed by atoms with Crippen molar-refractivity contribution in [3.05, 3.63) is 35.9 Å². The third kappa shape index (κ3) is 2.39. The maximum Gasteiger partial charge on any atom is 0.227 e. The van der Waals surface area contributed by atoms with Crippen molar-refractivity contribution in [3.63, 3.8) is 0 Å². The molecule has 3 atom stereocenters. The highest BCUT2D eigenvalue weighted by molar-refractivity contribution is 5.80. The molecule has 0 bridgehead atoms. The number of benzene rings is 1. The average molecular weight is 258 g/mol. The number of carbonyl (C=O) groups excluding carboxylic acids is 1. The van der Waals surface area contributed by atoms with Crippen molar-refractivity contribution >= 4 is 5.91 Å². The Morgan fingerprint density at radius 1 is 1.26 bits per heavy atom. The molecular weight excluding hydrogens is 236 g/mol. The summed E-state index contributed by atoms with van der Waals surface area (Å²) in [6, 6.07) is 10.9. The molecular formula is C16H22N2O. The average Bonchev–Trinajstić information content (AvgIpc) is 3.08. The molecule has 0 aromatic heterocycles. The zero-order valence-electron chi connectivity index (χ0n) is 11.5. The van der Waals surface area contributed by atoms with Crippen LogP contribution in [0.5, 0.6) is 0 Å². The first-order chi connectivity index (χ1) is 9.27. The minimum Gasteiger partial charge on any atom is -0.339 e. The fraction of sp³-hybridized carbons (Fsp3) is 0.562. The SMILES string of the molecule is CC1C(c2ccccc2)CCN1C(=O)C1CCNC1. The Morgan fingerprint density at radius 2 is 2.05 bits per heavy atom. The van der Waals surface area contributed by atoms with E-state index in [1.165, 1.54) is 5.56 Å². The highest BCUT2D eigenvalue weighted by atomic mass is 16.2. The number of hydrogen-bond donors (Lipinski definition) is 1. The Labute approximate surface area is 115 Å². The van der Waals surface area contributed by atoms with Crippen molar-refractivity contribution in [2.75, 3.05) is 19.6 Å². The number of nitrogens with one attached hydrogen (secondary N) is 1. The highest BCUT2D eigenvalue weighted by Gasteiger charge is 2.37. The normalized spacial score (nSPS) is 30.8. The van der Waals surface area contributed by atoms with E-state index in [0.717, 1.165) is 32.5 Å². The summed E-state index contributed by atoms with van der Waals surface area (Å²) in [7, 11) is 0. The van der Waals surface area contributed by atoms with Crippen LogP contribution in [0.25, 0.3) is 0 Å². The Kier molecular flexibility index (Phi) is 3.56. The fourth-order valence-corrected chi connectivity index (χ4v) is 3.50. The van der Waals surface area contributed by atoms with E-state index >= 15 is 0 Å². The second kappa shape index (κ2) is 5.33. The third-order valence-electron chi connectivity index (χ3n) is 4.68. The molecule has 0 aliphatic carbocycles. The maximum absolute atomic E-state index is 12.5. The van der Waals surface area contributed by atoms with Gasteiger partial charge in [0, 0.05) is 25.0 Å². The molecule has 2 fully saturated rings. The quantitative estimate of drug-likeness (QED) is 0.880. The standard InChI is InChI=1S/C16H22N2O/c1-12-15(13-5-3-2-4-6-13)8-10-18(12)16(19)14-7-9-17-11-14/h2-6,12,14-15,17H,7-11H2,1H3. The van der Waals surface area contributed by atoms with Crippen molar-refractivity contribution < 1.29 is 4.79 Å². The van der Waals surface area contributed by atoms with Crippen LogP contribution in [0.1, 0.15) is 31.2 Å². The van der Waals surface area contributed by atoms with Crippen LogP contribution in [-0.2, 0) is 4.79 Å². The molecule has 0 spiro atoms. The molecule has 0 saturated carbocycles. The van der Waals surface area contributed by atoms with E-state index in [-0.39, 0.29) is 5.92 Å². The van der Waals surface area contributed by atoms with E-state index in [4.69, 9.17) is 0 Å². The van der Waals surface area contributed by atoms with Gasteiger partial charge >= 0.3 is 0 Å². The molecule has 2 heterocycles. The summed E-state index contributed by atoms with van der Waals surface area (Å²) in [6.45, 7) is 4.96. The van der Waals surface area contributed by atoms with Gasteiger partial charge in [-0.25, -0.2) is 0 Å². The summed E-state index contributed by atoms with van der Waals surface area (Å²) in [5, 5.41) is 3.29. The van der Waals surface area contributed by atoms with Crippen molar-refractivity contribution in [2.24, 2.45) is 5.92 Å². The van der Waals surface area contributed by atoms with E-state index in [2.05, 4.69) is 47.5 Å². The zero-order chi connectivity index (χ0) is 13.2. The first-order valence-corrected chi connectivity index (χ1v) is 7.33. The summed E-state index contributed by atoms with van der Waals surface area (Å²) in [6.07, 6.45) is 2.09. The number of rotatable bonds is 2. The van der Waals surface area contributed by atoms with Crippen LogP contribution >= 0.6 is 0 Å². The predicted octanol–water partition coefficient (Wildman–Crippen LogP) is 2.00. The minimum absolute atomic E-state index is 0.206. The largest absolute Gasteiger partial charge is 0.339 e. The zero-order valence-corrected chi connectivity index (χ0v) is 11.5. The summed E-state index contributed by atoms with van der Waals surface area (Å²) >= 11 is 0. The Morgan fingerprint density at radius 3 is 2.74 bits per heavy atom. The van der Waals surface area contributed by atoms with Crippen LogP contribution < -0.4 is 5.32 Å². The van der Waals surface area contributed by atoms with Crippen LogP contribution in [-0.4, -0.2) is 36.5 Å². The number of carbonyl (C=O) groups is 1. The van der Waals surface area contributed by atoms with Crippen LogP contribution in [0, 0.1) is 5.92 Å². The number of amides is 1. The van der Waals surface area contributed by atoms with Gasteiger partial charge in [-0.3, -0.25) is 4.79 Å². The van der Waals surface area contributed by atoms with Crippen molar-refractivity contribution in [1.82, 2.24) is 10.2 Å². The van der Waals surface area contributed by atoms with Gasteiger partial charge in [0.05, 0.1) is 5.92 Å². The summed E-state index contributed by atoms with van der Waals surface area (Å²) in [5.74, 6) is 1.06. The Balaban J connectivity index is 1.71. The first-order valence-electron chi connectivity index (χ1n) is 7.33. The predicted molar refractivity (Wildman–Crippen MR) is 76.0 cm³/mol. The van der Waals surface area contributed by atoms with Gasteiger partial charge in [-0.05, 0) is 31.9 Å². The lowest BCUT2D eigenvalue weighted by Gasteiger charge is -2.27. The van der Waals surface area contributed by atoms with Gasteiger partial charge < -0.3 is 10.2 Å². The van der Waals surface area contributed by atoms with Crippen LogP contribution in [0.2, 0.25) is 0 Å². The smallest absolute Gasteiger partial charge is 0.227 e. The van der Waals surface area contributed by atoms with Crippen molar-refractivity contribution in [2.45, 2.75) is 31.7 Å². The molecule has 1 aromatic rings. The van der Waals surface area contributed by atoms with Crippen molar-refractivity contribution in [3.8, 4) is 0 Å². The summed E-state index contributed by atoms with van der Waals surface area (Å²) in [4.78, 5) is 14.6. The molecule has 1 aromatic carbocycles. The van der Waals surface area contributed by atoms with Gasteiger partial charge in [-0.1, -0.05) is 30.3 Å². The summed E-state index contributed by atoms with van der Waals surface area (Å²) < 4.78 is 0. The third-order valence-corrected chi connectivity index (χ3v) is 4.68. The molecule has 3 rings (SSSR count). The molecule has 102 valence electrons. The second-order valence-electron chi connectivity index (χ2n) is 5.77.